The van der Waals surface area contributed by atoms with Crippen LogP contribution in [0.1, 0.15) is 22.8 Å². The fourth-order valence-electron chi connectivity index (χ4n) is 1.05. The van der Waals surface area contributed by atoms with Crippen molar-refractivity contribution in [3.8, 4) is 17.6 Å². The number of rotatable bonds is 2. The van der Waals surface area contributed by atoms with Crippen LogP contribution in [0.5, 0.6) is 5.75 Å². The minimum atomic E-state index is -0.0232. The van der Waals surface area contributed by atoms with Crippen LogP contribution in [-0.4, -0.2) is 22.3 Å². The summed E-state index contributed by atoms with van der Waals surface area (Å²) in [4.78, 5) is 21.3. The van der Waals surface area contributed by atoms with Crippen molar-refractivity contribution in [2.24, 2.45) is 0 Å². The molecule has 1 aromatic carbocycles. The van der Waals surface area contributed by atoms with Gasteiger partial charge in [0.2, 0.25) is 0 Å². The minimum Gasteiger partial charge on any atom is -0.507 e. The second-order valence-corrected chi connectivity index (χ2v) is 4.09. The smallest absolute Gasteiger partial charge is 0.186 e. The summed E-state index contributed by atoms with van der Waals surface area (Å²) in [5.41, 5.74) is 0.655. The van der Waals surface area contributed by atoms with Crippen molar-refractivity contribution in [3.63, 3.8) is 0 Å². The van der Waals surface area contributed by atoms with Gasteiger partial charge in [-0.25, -0.2) is 0 Å². The van der Waals surface area contributed by atoms with Crippen LogP contribution < -0.4 is 0 Å². The van der Waals surface area contributed by atoms with Crippen LogP contribution >= 0.6 is 11.8 Å². The third-order valence-electron chi connectivity index (χ3n) is 1.76. The first-order chi connectivity index (χ1) is 7.65. The number of hydrogen-bond acceptors (Lipinski definition) is 4. The molecule has 0 heterocycles. The molecule has 82 valence electrons. The second-order valence-electron chi connectivity index (χ2n) is 2.94. The molecule has 0 saturated carbocycles. The van der Waals surface area contributed by atoms with Gasteiger partial charge in [-0.3, -0.25) is 9.59 Å². The maximum atomic E-state index is 10.7. The standard InChI is InChI=1S/C12H10O3S/c1-9(14)16-7-3-5-11-10(8-13)4-2-6-12(11)15/h2,4,6,8,15H,7H2,1H3. The predicted molar refractivity (Wildman–Crippen MR) is 63.5 cm³/mol. The number of aromatic hydroxyl groups is 1. The first-order valence-electron chi connectivity index (χ1n) is 4.54. The van der Waals surface area contributed by atoms with E-state index < -0.39 is 0 Å². The maximum Gasteiger partial charge on any atom is 0.186 e. The van der Waals surface area contributed by atoms with Gasteiger partial charge >= 0.3 is 0 Å². The van der Waals surface area contributed by atoms with Crippen molar-refractivity contribution in [2.75, 3.05) is 5.75 Å². The van der Waals surface area contributed by atoms with Gasteiger partial charge in [-0.1, -0.05) is 35.7 Å². The van der Waals surface area contributed by atoms with Crippen LogP contribution in [-0.2, 0) is 4.79 Å². The fraction of sp³-hybridized carbons (Fsp3) is 0.167. The number of hydrogen-bond donors (Lipinski definition) is 1. The molecule has 0 aliphatic rings. The zero-order valence-electron chi connectivity index (χ0n) is 8.69. The van der Waals surface area contributed by atoms with Crippen molar-refractivity contribution in [3.05, 3.63) is 29.3 Å². The Morgan fingerprint density at radius 3 is 2.94 bits per heavy atom. The molecule has 0 radical (unpaired) electrons. The summed E-state index contributed by atoms with van der Waals surface area (Å²) in [6, 6.07) is 4.62. The van der Waals surface area contributed by atoms with Gasteiger partial charge in [0.1, 0.15) is 5.75 Å². The van der Waals surface area contributed by atoms with Gasteiger partial charge < -0.3 is 5.11 Å². The lowest BCUT2D eigenvalue weighted by Gasteiger charge is -1.98. The van der Waals surface area contributed by atoms with Crippen molar-refractivity contribution in [1.82, 2.24) is 0 Å². The topological polar surface area (TPSA) is 54.4 Å². The monoisotopic (exact) mass is 234 g/mol. The number of phenols is 1. The van der Waals surface area contributed by atoms with E-state index in [1.165, 1.54) is 13.0 Å². The van der Waals surface area contributed by atoms with E-state index in [1.54, 1.807) is 12.1 Å². The van der Waals surface area contributed by atoms with Gasteiger partial charge in [-0.05, 0) is 6.07 Å². The molecule has 0 amide bonds. The van der Waals surface area contributed by atoms with E-state index >= 15 is 0 Å². The van der Waals surface area contributed by atoms with E-state index in [9.17, 15) is 14.7 Å². The molecule has 1 rings (SSSR count). The number of benzene rings is 1. The average molecular weight is 234 g/mol. The molecule has 16 heavy (non-hydrogen) atoms. The van der Waals surface area contributed by atoms with Crippen LogP contribution in [0.15, 0.2) is 18.2 Å². The van der Waals surface area contributed by atoms with Crippen LogP contribution in [0.2, 0.25) is 0 Å². The van der Waals surface area contributed by atoms with Gasteiger partial charge in [0.25, 0.3) is 0 Å². The SMILES string of the molecule is CC(=O)SCC#Cc1c(O)cccc1C=O. The van der Waals surface area contributed by atoms with Crippen molar-refractivity contribution in [2.45, 2.75) is 6.92 Å². The molecular weight excluding hydrogens is 224 g/mol. The van der Waals surface area contributed by atoms with Crippen LogP contribution in [0, 0.1) is 11.8 Å². The summed E-state index contributed by atoms with van der Waals surface area (Å²) >= 11 is 1.09. The summed E-state index contributed by atoms with van der Waals surface area (Å²) in [6.45, 7) is 1.46. The molecule has 0 bridgehead atoms. The van der Waals surface area contributed by atoms with Crippen molar-refractivity contribution in [1.29, 1.82) is 0 Å². The van der Waals surface area contributed by atoms with E-state index in [-0.39, 0.29) is 10.9 Å². The minimum absolute atomic E-state index is 0.0119. The highest BCUT2D eigenvalue weighted by molar-refractivity contribution is 8.13. The Balaban J connectivity index is 2.87. The number of carbonyl (C=O) groups is 2. The molecule has 0 unspecified atom stereocenters. The van der Waals surface area contributed by atoms with E-state index in [1.807, 2.05) is 0 Å². The van der Waals surface area contributed by atoms with Gasteiger partial charge in [-0.2, -0.15) is 0 Å². The second kappa shape index (κ2) is 5.99. The van der Waals surface area contributed by atoms with Crippen LogP contribution in [0.25, 0.3) is 0 Å². The number of carbonyl (C=O) groups excluding carboxylic acids is 2. The lowest BCUT2D eigenvalue weighted by molar-refractivity contribution is -0.109. The van der Waals surface area contributed by atoms with E-state index in [0.717, 1.165) is 11.8 Å². The molecule has 0 fully saturated rings. The number of aldehydes is 1. The molecule has 3 nitrogen and oxygen atoms in total. The Labute approximate surface area is 97.9 Å². The van der Waals surface area contributed by atoms with Gasteiger partial charge in [0.15, 0.2) is 11.4 Å². The first kappa shape index (κ1) is 12.3. The largest absolute Gasteiger partial charge is 0.507 e. The number of thioether (sulfide) groups is 1. The molecule has 1 aromatic rings. The number of phenolic OH excluding ortho intramolecular Hbond substituents is 1. The highest BCUT2D eigenvalue weighted by Crippen LogP contribution is 2.18. The zero-order valence-corrected chi connectivity index (χ0v) is 9.50. The van der Waals surface area contributed by atoms with E-state index in [0.29, 0.717) is 23.2 Å². The fourth-order valence-corrected chi connectivity index (χ4v) is 1.40. The third kappa shape index (κ3) is 3.44. The molecule has 0 aromatic heterocycles. The molecule has 0 spiro atoms. The average Bonchev–Trinajstić information content (AvgIpc) is 2.25. The summed E-state index contributed by atoms with van der Waals surface area (Å²) in [5.74, 6) is 5.73. The van der Waals surface area contributed by atoms with Gasteiger partial charge in [0.05, 0.1) is 11.3 Å². The Morgan fingerprint density at radius 1 is 1.56 bits per heavy atom. The first-order valence-corrected chi connectivity index (χ1v) is 5.53. The maximum absolute atomic E-state index is 10.7. The highest BCUT2D eigenvalue weighted by Gasteiger charge is 2.03. The molecule has 0 saturated heterocycles. The molecule has 0 atom stereocenters. The van der Waals surface area contributed by atoms with E-state index in [2.05, 4.69) is 11.8 Å². The summed E-state index contributed by atoms with van der Waals surface area (Å²) < 4.78 is 0. The molecule has 0 aliphatic heterocycles. The van der Waals surface area contributed by atoms with Gasteiger partial charge in [0, 0.05) is 12.5 Å². The van der Waals surface area contributed by atoms with Gasteiger partial charge in [-0.15, -0.1) is 0 Å². The Kier molecular flexibility index (Phi) is 4.62. The molecule has 0 aliphatic carbocycles. The zero-order chi connectivity index (χ0) is 12.0. The Morgan fingerprint density at radius 2 is 2.31 bits per heavy atom. The van der Waals surface area contributed by atoms with Crippen molar-refractivity contribution >= 4 is 23.2 Å². The van der Waals surface area contributed by atoms with E-state index in [4.69, 9.17) is 0 Å². The Bertz CT molecular complexity index is 469. The predicted octanol–water partition coefficient (Wildman–Crippen LogP) is 1.84. The molecular formula is C12H10O3S. The third-order valence-corrected chi connectivity index (χ3v) is 2.46. The molecule has 1 N–H and O–H groups in total. The molecule has 4 heteroatoms. The van der Waals surface area contributed by atoms with Crippen molar-refractivity contribution < 1.29 is 14.7 Å². The summed E-state index contributed by atoms with van der Waals surface area (Å²) in [6.07, 6.45) is 0.641. The lowest BCUT2D eigenvalue weighted by Crippen LogP contribution is -1.88. The Hall–Kier alpha value is -1.73. The normalized spacial score (nSPS) is 9.06. The summed E-state index contributed by atoms with van der Waals surface area (Å²) in [5, 5.41) is 9.48. The summed E-state index contributed by atoms with van der Waals surface area (Å²) in [7, 11) is 0. The lowest BCUT2D eigenvalue weighted by atomic mass is 10.1. The highest BCUT2D eigenvalue weighted by atomic mass is 32.2. The quantitative estimate of drug-likeness (QED) is 0.626. The van der Waals surface area contributed by atoms with Crippen LogP contribution in [0.4, 0.5) is 0 Å². The van der Waals surface area contributed by atoms with Crippen LogP contribution in [0.3, 0.4) is 0 Å².